The lowest BCUT2D eigenvalue weighted by Gasteiger charge is -2.12. The van der Waals surface area contributed by atoms with Crippen molar-refractivity contribution in [2.45, 2.75) is 18.1 Å². The van der Waals surface area contributed by atoms with E-state index in [9.17, 15) is 4.79 Å². The SMILES string of the molecule is CSc1nc(NN)cc(NC(C)C(N)=O)n1. The van der Waals surface area contributed by atoms with E-state index < -0.39 is 11.9 Å². The van der Waals surface area contributed by atoms with Crippen molar-refractivity contribution in [3.05, 3.63) is 6.07 Å². The molecule has 1 heterocycles. The number of amides is 1. The Morgan fingerprint density at radius 2 is 2.12 bits per heavy atom. The van der Waals surface area contributed by atoms with Crippen molar-refractivity contribution < 1.29 is 4.79 Å². The van der Waals surface area contributed by atoms with E-state index in [0.29, 0.717) is 16.8 Å². The van der Waals surface area contributed by atoms with Crippen LogP contribution in [0.25, 0.3) is 0 Å². The van der Waals surface area contributed by atoms with Crippen LogP contribution in [0.2, 0.25) is 0 Å². The number of rotatable bonds is 5. The zero-order chi connectivity index (χ0) is 12.1. The molecule has 1 unspecified atom stereocenters. The Morgan fingerprint density at radius 3 is 2.62 bits per heavy atom. The Labute approximate surface area is 97.4 Å². The number of thioether (sulfide) groups is 1. The molecular weight excluding hydrogens is 228 g/mol. The number of carbonyl (C=O) groups excluding carboxylic acids is 1. The van der Waals surface area contributed by atoms with Crippen LogP contribution in [0.5, 0.6) is 0 Å². The van der Waals surface area contributed by atoms with E-state index in [2.05, 4.69) is 20.7 Å². The second-order valence-corrected chi connectivity index (χ2v) is 3.81. The van der Waals surface area contributed by atoms with Gasteiger partial charge < -0.3 is 16.5 Å². The molecule has 0 aliphatic rings. The zero-order valence-electron chi connectivity index (χ0n) is 9.02. The fourth-order valence-corrected chi connectivity index (χ4v) is 1.34. The van der Waals surface area contributed by atoms with Crippen LogP contribution in [-0.4, -0.2) is 28.2 Å². The first-order valence-corrected chi connectivity index (χ1v) is 5.75. The molecule has 88 valence electrons. The van der Waals surface area contributed by atoms with Crippen LogP contribution in [0.1, 0.15) is 6.92 Å². The van der Waals surface area contributed by atoms with Crippen molar-refractivity contribution in [2.75, 3.05) is 17.0 Å². The molecule has 0 spiro atoms. The van der Waals surface area contributed by atoms with E-state index in [4.69, 9.17) is 11.6 Å². The van der Waals surface area contributed by atoms with Gasteiger partial charge in [0.25, 0.3) is 0 Å². The Balaban J connectivity index is 2.90. The first-order valence-electron chi connectivity index (χ1n) is 4.52. The third kappa shape index (κ3) is 3.24. The van der Waals surface area contributed by atoms with E-state index >= 15 is 0 Å². The lowest BCUT2D eigenvalue weighted by Crippen LogP contribution is -2.32. The minimum atomic E-state index is -0.504. The number of nitrogen functional groups attached to an aromatic ring is 1. The summed E-state index contributed by atoms with van der Waals surface area (Å²) in [5.41, 5.74) is 7.56. The number of aromatic nitrogens is 2. The molecule has 16 heavy (non-hydrogen) atoms. The standard InChI is InChI=1S/C8H14N6OS/c1-4(7(9)15)11-5-3-6(14-10)13-8(12-5)16-2/h3-4H,10H2,1-2H3,(H2,9,15)(H2,11,12,13,14). The van der Waals surface area contributed by atoms with Gasteiger partial charge in [0.15, 0.2) is 5.16 Å². The largest absolute Gasteiger partial charge is 0.368 e. The number of hydrazine groups is 1. The molecule has 1 aromatic heterocycles. The zero-order valence-corrected chi connectivity index (χ0v) is 9.84. The predicted molar refractivity (Wildman–Crippen MR) is 63.9 cm³/mol. The third-order valence-electron chi connectivity index (χ3n) is 1.83. The monoisotopic (exact) mass is 242 g/mol. The highest BCUT2D eigenvalue weighted by Crippen LogP contribution is 2.16. The van der Waals surface area contributed by atoms with Crippen LogP contribution in [0.3, 0.4) is 0 Å². The highest BCUT2D eigenvalue weighted by Gasteiger charge is 2.10. The Bertz CT molecular complexity index is 363. The summed E-state index contributed by atoms with van der Waals surface area (Å²) in [7, 11) is 0. The lowest BCUT2D eigenvalue weighted by atomic mass is 10.3. The number of nitrogens with one attached hydrogen (secondary N) is 2. The molecule has 0 radical (unpaired) electrons. The average Bonchev–Trinajstić information content (AvgIpc) is 2.28. The van der Waals surface area contributed by atoms with Gasteiger partial charge in [0.2, 0.25) is 5.91 Å². The van der Waals surface area contributed by atoms with Crippen LogP contribution in [0.4, 0.5) is 11.6 Å². The van der Waals surface area contributed by atoms with Gasteiger partial charge in [0, 0.05) is 6.07 Å². The number of primary amides is 1. The van der Waals surface area contributed by atoms with Gasteiger partial charge in [-0.1, -0.05) is 11.8 Å². The molecule has 6 N–H and O–H groups in total. The maximum absolute atomic E-state index is 10.9. The summed E-state index contributed by atoms with van der Waals surface area (Å²) >= 11 is 1.37. The van der Waals surface area contributed by atoms with Crippen LogP contribution in [0.15, 0.2) is 11.2 Å². The Kier molecular flexibility index (Phi) is 4.32. The molecule has 1 atom stereocenters. The molecule has 1 aromatic rings. The molecule has 0 bridgehead atoms. The quantitative estimate of drug-likeness (QED) is 0.244. The van der Waals surface area contributed by atoms with E-state index in [1.807, 2.05) is 6.26 Å². The topological polar surface area (TPSA) is 119 Å². The summed E-state index contributed by atoms with van der Waals surface area (Å²) in [5, 5.41) is 3.41. The van der Waals surface area contributed by atoms with Crippen molar-refractivity contribution >= 4 is 29.3 Å². The maximum atomic E-state index is 10.9. The summed E-state index contributed by atoms with van der Waals surface area (Å²) in [6, 6.07) is 1.09. The van der Waals surface area contributed by atoms with E-state index in [-0.39, 0.29) is 0 Å². The minimum Gasteiger partial charge on any atom is -0.368 e. The summed E-state index contributed by atoms with van der Waals surface area (Å²) < 4.78 is 0. The molecule has 0 saturated carbocycles. The molecule has 1 rings (SSSR count). The molecule has 0 aromatic carbocycles. The van der Waals surface area contributed by atoms with Crippen molar-refractivity contribution in [3.8, 4) is 0 Å². The van der Waals surface area contributed by atoms with Gasteiger partial charge in [0.05, 0.1) is 0 Å². The number of nitrogens with zero attached hydrogens (tertiary/aromatic N) is 2. The van der Waals surface area contributed by atoms with E-state index in [0.717, 1.165) is 0 Å². The van der Waals surface area contributed by atoms with E-state index in [1.54, 1.807) is 13.0 Å². The van der Waals surface area contributed by atoms with Gasteiger partial charge in [-0.05, 0) is 13.2 Å². The molecule has 0 saturated heterocycles. The van der Waals surface area contributed by atoms with Crippen LogP contribution < -0.4 is 22.3 Å². The Hall–Kier alpha value is -1.54. The molecule has 0 fully saturated rings. The normalized spacial score (nSPS) is 11.9. The molecule has 0 aliphatic heterocycles. The number of carbonyl (C=O) groups is 1. The average molecular weight is 242 g/mol. The van der Waals surface area contributed by atoms with Crippen molar-refractivity contribution in [1.82, 2.24) is 9.97 Å². The molecule has 8 heteroatoms. The fraction of sp³-hybridized carbons (Fsp3) is 0.375. The maximum Gasteiger partial charge on any atom is 0.239 e. The van der Waals surface area contributed by atoms with Gasteiger partial charge in [-0.2, -0.15) is 0 Å². The minimum absolute atomic E-state index is 0.452. The third-order valence-corrected chi connectivity index (χ3v) is 2.37. The van der Waals surface area contributed by atoms with Crippen molar-refractivity contribution in [3.63, 3.8) is 0 Å². The van der Waals surface area contributed by atoms with Crippen LogP contribution in [0, 0.1) is 0 Å². The first kappa shape index (κ1) is 12.5. The number of hydrogen-bond acceptors (Lipinski definition) is 7. The molecule has 7 nitrogen and oxygen atoms in total. The first-order chi connectivity index (χ1) is 7.56. The van der Waals surface area contributed by atoms with Crippen molar-refractivity contribution in [2.24, 2.45) is 11.6 Å². The van der Waals surface area contributed by atoms with E-state index in [1.165, 1.54) is 11.8 Å². The predicted octanol–water partition coefficient (Wildman–Crippen LogP) is -0.230. The van der Waals surface area contributed by atoms with Gasteiger partial charge in [0.1, 0.15) is 17.7 Å². The fourth-order valence-electron chi connectivity index (χ4n) is 0.957. The number of nitrogens with two attached hydrogens (primary N) is 2. The van der Waals surface area contributed by atoms with Crippen LogP contribution in [-0.2, 0) is 4.79 Å². The summed E-state index contributed by atoms with van der Waals surface area (Å²) in [6.45, 7) is 1.65. The second-order valence-electron chi connectivity index (χ2n) is 3.04. The molecular formula is C8H14N6OS. The lowest BCUT2D eigenvalue weighted by molar-refractivity contribution is -0.118. The van der Waals surface area contributed by atoms with Gasteiger partial charge >= 0.3 is 0 Å². The van der Waals surface area contributed by atoms with Crippen LogP contribution >= 0.6 is 11.8 Å². The van der Waals surface area contributed by atoms with Gasteiger partial charge in [-0.3, -0.25) is 4.79 Å². The molecule has 1 amide bonds. The smallest absolute Gasteiger partial charge is 0.239 e. The number of anilines is 2. The van der Waals surface area contributed by atoms with Gasteiger partial charge in [-0.15, -0.1) is 0 Å². The number of hydrogen-bond donors (Lipinski definition) is 4. The molecule has 0 aliphatic carbocycles. The van der Waals surface area contributed by atoms with Gasteiger partial charge in [-0.25, -0.2) is 15.8 Å². The Morgan fingerprint density at radius 1 is 1.50 bits per heavy atom. The highest BCUT2D eigenvalue weighted by molar-refractivity contribution is 7.98. The van der Waals surface area contributed by atoms with Crippen molar-refractivity contribution in [1.29, 1.82) is 0 Å². The summed E-state index contributed by atoms with van der Waals surface area (Å²) in [4.78, 5) is 19.1. The summed E-state index contributed by atoms with van der Waals surface area (Å²) in [6.07, 6.45) is 1.84. The highest BCUT2D eigenvalue weighted by atomic mass is 32.2. The summed E-state index contributed by atoms with van der Waals surface area (Å²) in [5.74, 6) is 5.78. The second kappa shape index (κ2) is 5.52.